The number of halogens is 1. The fraction of sp³-hybridized carbons (Fsp3) is 0.143. The number of nitrogens with zero attached hydrogens (tertiary/aromatic N) is 2. The number of hydrazone groups is 1. The van der Waals surface area contributed by atoms with E-state index in [1.165, 1.54) is 24.3 Å². The summed E-state index contributed by atoms with van der Waals surface area (Å²) in [6.07, 6.45) is 1.56. The molecule has 0 atom stereocenters. The van der Waals surface area contributed by atoms with Crippen LogP contribution in [0.2, 0.25) is 0 Å². The van der Waals surface area contributed by atoms with Gasteiger partial charge >= 0.3 is 0 Å². The number of carbonyl (C=O) groups excluding carboxylic acids is 1. The zero-order valence-electron chi connectivity index (χ0n) is 10.7. The zero-order chi connectivity index (χ0) is 13.8. The van der Waals surface area contributed by atoms with Gasteiger partial charge in [-0.3, -0.25) is 4.79 Å². The summed E-state index contributed by atoms with van der Waals surface area (Å²) in [5.74, 6) is -0.749. The largest absolute Gasteiger partial charge is 0.347 e. The Kier molecular flexibility index (Phi) is 3.75. The highest BCUT2D eigenvalue weighted by molar-refractivity contribution is 5.94. The number of amides is 1. The topological polar surface area (TPSA) is 46.4 Å². The molecule has 19 heavy (non-hydrogen) atoms. The lowest BCUT2D eigenvalue weighted by molar-refractivity contribution is 0.0955. The second-order valence-electron chi connectivity index (χ2n) is 4.16. The van der Waals surface area contributed by atoms with Crippen LogP contribution in [0.5, 0.6) is 0 Å². The van der Waals surface area contributed by atoms with Crippen molar-refractivity contribution in [3.05, 3.63) is 59.2 Å². The summed E-state index contributed by atoms with van der Waals surface area (Å²) < 4.78 is 14.7. The van der Waals surface area contributed by atoms with Crippen LogP contribution in [-0.4, -0.2) is 16.7 Å². The summed E-state index contributed by atoms with van der Waals surface area (Å²) in [6.45, 7) is 1.98. The molecule has 1 heterocycles. The zero-order valence-corrected chi connectivity index (χ0v) is 10.7. The number of hydrogen-bond donors (Lipinski definition) is 1. The van der Waals surface area contributed by atoms with Gasteiger partial charge in [-0.1, -0.05) is 0 Å². The molecule has 0 unspecified atom stereocenters. The molecule has 2 aromatic rings. The SMILES string of the molecule is Cc1ccc(/C=N/NC(=O)c2ccc(F)cc2)n1C. The first-order valence-corrected chi connectivity index (χ1v) is 5.79. The molecule has 0 fully saturated rings. The molecule has 1 amide bonds. The first-order chi connectivity index (χ1) is 9.08. The second-order valence-corrected chi connectivity index (χ2v) is 4.16. The fourth-order valence-electron chi connectivity index (χ4n) is 1.59. The molecule has 4 nitrogen and oxygen atoms in total. The molecule has 0 aliphatic rings. The van der Waals surface area contributed by atoms with E-state index in [2.05, 4.69) is 10.5 Å². The lowest BCUT2D eigenvalue weighted by Crippen LogP contribution is -2.17. The Balaban J connectivity index is 2.00. The highest BCUT2D eigenvalue weighted by Crippen LogP contribution is 2.04. The number of benzene rings is 1. The normalized spacial score (nSPS) is 10.9. The highest BCUT2D eigenvalue weighted by Gasteiger charge is 2.03. The lowest BCUT2D eigenvalue weighted by atomic mass is 10.2. The Hall–Kier alpha value is -2.43. The molecule has 0 aliphatic carbocycles. The molecule has 0 spiro atoms. The molecule has 0 saturated heterocycles. The quantitative estimate of drug-likeness (QED) is 0.667. The van der Waals surface area contributed by atoms with E-state index >= 15 is 0 Å². The van der Waals surface area contributed by atoms with Crippen LogP contribution in [0.3, 0.4) is 0 Å². The number of hydrogen-bond acceptors (Lipinski definition) is 2. The molecule has 98 valence electrons. The van der Waals surface area contributed by atoms with Crippen molar-refractivity contribution in [2.45, 2.75) is 6.92 Å². The maximum Gasteiger partial charge on any atom is 0.271 e. The molecule has 1 N–H and O–H groups in total. The van der Waals surface area contributed by atoms with Gasteiger partial charge in [0.05, 0.1) is 11.9 Å². The molecule has 5 heteroatoms. The molecule has 0 saturated carbocycles. The standard InChI is InChI=1S/C14H14FN3O/c1-10-3-8-13(18(10)2)9-16-17-14(19)11-4-6-12(15)7-5-11/h3-9H,1-2H3,(H,17,19)/b16-9+. The van der Waals surface area contributed by atoms with Crippen molar-refractivity contribution in [3.8, 4) is 0 Å². The first kappa shape index (κ1) is 13.0. The summed E-state index contributed by atoms with van der Waals surface area (Å²) in [7, 11) is 1.92. The average Bonchev–Trinajstić information content (AvgIpc) is 2.71. The van der Waals surface area contributed by atoms with E-state index in [-0.39, 0.29) is 11.7 Å². The third kappa shape index (κ3) is 3.07. The molecule has 0 aliphatic heterocycles. The van der Waals surface area contributed by atoms with Crippen molar-refractivity contribution in [2.75, 3.05) is 0 Å². The Bertz CT molecular complexity index is 614. The molecule has 1 aromatic heterocycles. The number of carbonyl (C=O) groups is 1. The number of nitrogens with one attached hydrogen (secondary N) is 1. The van der Waals surface area contributed by atoms with Gasteiger partial charge in [-0.15, -0.1) is 0 Å². The molecular weight excluding hydrogens is 245 g/mol. The van der Waals surface area contributed by atoms with Gasteiger partial charge in [-0.05, 0) is 43.3 Å². The van der Waals surface area contributed by atoms with Gasteiger partial charge in [-0.25, -0.2) is 9.82 Å². The van der Waals surface area contributed by atoms with E-state index in [0.717, 1.165) is 11.4 Å². The lowest BCUT2D eigenvalue weighted by Gasteiger charge is -2.01. The smallest absolute Gasteiger partial charge is 0.271 e. The fourth-order valence-corrected chi connectivity index (χ4v) is 1.59. The van der Waals surface area contributed by atoms with Gasteiger partial charge in [0.1, 0.15) is 5.82 Å². The summed E-state index contributed by atoms with van der Waals surface area (Å²) >= 11 is 0. The number of aryl methyl sites for hydroxylation is 1. The maximum absolute atomic E-state index is 12.7. The van der Waals surface area contributed by atoms with E-state index in [1.807, 2.05) is 30.7 Å². The minimum Gasteiger partial charge on any atom is -0.347 e. The minimum absolute atomic E-state index is 0.363. The summed E-state index contributed by atoms with van der Waals surface area (Å²) in [5, 5.41) is 3.88. The van der Waals surface area contributed by atoms with Gasteiger partial charge in [0.25, 0.3) is 5.91 Å². The average molecular weight is 259 g/mol. The van der Waals surface area contributed by atoms with Crippen LogP contribution in [0.25, 0.3) is 0 Å². The van der Waals surface area contributed by atoms with Gasteiger partial charge in [0, 0.05) is 18.3 Å². The minimum atomic E-state index is -0.376. The third-order valence-corrected chi connectivity index (χ3v) is 2.88. The van der Waals surface area contributed by atoms with Gasteiger partial charge < -0.3 is 4.57 Å². The van der Waals surface area contributed by atoms with Crippen molar-refractivity contribution < 1.29 is 9.18 Å². The summed E-state index contributed by atoms with van der Waals surface area (Å²) in [5.41, 5.74) is 4.75. The van der Waals surface area contributed by atoms with Crippen molar-refractivity contribution in [1.29, 1.82) is 0 Å². The Labute approximate surface area is 110 Å². The van der Waals surface area contributed by atoms with Crippen molar-refractivity contribution in [3.63, 3.8) is 0 Å². The van der Waals surface area contributed by atoms with Crippen molar-refractivity contribution in [2.24, 2.45) is 12.1 Å². The molecule has 2 rings (SSSR count). The van der Waals surface area contributed by atoms with Crippen molar-refractivity contribution >= 4 is 12.1 Å². The number of aromatic nitrogens is 1. The van der Waals surface area contributed by atoms with E-state index in [1.54, 1.807) is 6.21 Å². The van der Waals surface area contributed by atoms with Crippen LogP contribution in [0.4, 0.5) is 4.39 Å². The molecule has 0 radical (unpaired) electrons. The van der Waals surface area contributed by atoms with Gasteiger partial charge in [-0.2, -0.15) is 5.10 Å². The summed E-state index contributed by atoms with van der Waals surface area (Å²) in [6, 6.07) is 9.16. The van der Waals surface area contributed by atoms with Crippen LogP contribution >= 0.6 is 0 Å². The number of rotatable bonds is 3. The van der Waals surface area contributed by atoms with Crippen LogP contribution < -0.4 is 5.43 Å². The van der Waals surface area contributed by atoms with Crippen LogP contribution in [0.15, 0.2) is 41.5 Å². The Morgan fingerprint density at radius 1 is 1.26 bits per heavy atom. The van der Waals surface area contributed by atoms with Crippen LogP contribution in [-0.2, 0) is 7.05 Å². The Morgan fingerprint density at radius 3 is 2.53 bits per heavy atom. The Morgan fingerprint density at radius 2 is 1.95 bits per heavy atom. The summed E-state index contributed by atoms with van der Waals surface area (Å²) in [4.78, 5) is 11.7. The van der Waals surface area contributed by atoms with Gasteiger partial charge in [0.15, 0.2) is 0 Å². The first-order valence-electron chi connectivity index (χ1n) is 5.79. The predicted octanol–water partition coefficient (Wildman–Crippen LogP) is 2.24. The van der Waals surface area contributed by atoms with E-state index in [0.29, 0.717) is 5.56 Å². The van der Waals surface area contributed by atoms with Crippen LogP contribution in [0.1, 0.15) is 21.7 Å². The molecular formula is C14H14FN3O. The monoisotopic (exact) mass is 259 g/mol. The van der Waals surface area contributed by atoms with Gasteiger partial charge in [0.2, 0.25) is 0 Å². The molecule has 0 bridgehead atoms. The van der Waals surface area contributed by atoms with E-state index in [4.69, 9.17) is 0 Å². The predicted molar refractivity (Wildman–Crippen MR) is 71.6 cm³/mol. The highest BCUT2D eigenvalue weighted by atomic mass is 19.1. The van der Waals surface area contributed by atoms with Crippen LogP contribution in [0, 0.1) is 12.7 Å². The second kappa shape index (κ2) is 5.48. The third-order valence-electron chi connectivity index (χ3n) is 2.88. The van der Waals surface area contributed by atoms with Crippen molar-refractivity contribution in [1.82, 2.24) is 9.99 Å². The maximum atomic E-state index is 12.7. The van der Waals surface area contributed by atoms with E-state index < -0.39 is 0 Å². The molecule has 1 aromatic carbocycles. The van der Waals surface area contributed by atoms with E-state index in [9.17, 15) is 9.18 Å².